The van der Waals surface area contributed by atoms with E-state index in [4.69, 9.17) is 4.74 Å². The number of anilines is 1. The van der Waals surface area contributed by atoms with Crippen molar-refractivity contribution in [2.75, 3.05) is 45.2 Å². The molecule has 1 N–H and O–H groups in total. The summed E-state index contributed by atoms with van der Waals surface area (Å²) >= 11 is 0. The second kappa shape index (κ2) is 7.82. The molecule has 1 unspecified atom stereocenters. The fourth-order valence-electron chi connectivity index (χ4n) is 3.48. The lowest BCUT2D eigenvalue weighted by Gasteiger charge is -2.30. The molecular formula is C18H22FN3O4. The van der Waals surface area contributed by atoms with Gasteiger partial charge in [-0.1, -0.05) is 0 Å². The first kappa shape index (κ1) is 18.3. The minimum atomic E-state index is -0.698. The Kier molecular flexibility index (Phi) is 5.51. The molecule has 8 heteroatoms. The van der Waals surface area contributed by atoms with Crippen LogP contribution in [0.4, 0.5) is 10.1 Å². The van der Waals surface area contributed by atoms with Gasteiger partial charge < -0.3 is 19.9 Å². The Hall–Kier alpha value is -2.48. The molecule has 2 heterocycles. The van der Waals surface area contributed by atoms with Crippen molar-refractivity contribution in [3.8, 4) is 0 Å². The van der Waals surface area contributed by atoms with Crippen LogP contribution >= 0.6 is 0 Å². The van der Waals surface area contributed by atoms with Gasteiger partial charge in [0.05, 0.1) is 5.92 Å². The van der Waals surface area contributed by atoms with Crippen molar-refractivity contribution in [2.24, 2.45) is 0 Å². The summed E-state index contributed by atoms with van der Waals surface area (Å²) in [6.45, 7) is 1.88. The van der Waals surface area contributed by atoms with Crippen molar-refractivity contribution in [2.45, 2.75) is 18.8 Å². The predicted molar refractivity (Wildman–Crippen MR) is 92.0 cm³/mol. The van der Waals surface area contributed by atoms with Crippen molar-refractivity contribution >= 4 is 23.4 Å². The third-order valence-electron chi connectivity index (χ3n) is 4.78. The van der Waals surface area contributed by atoms with Gasteiger partial charge in [-0.25, -0.2) is 4.39 Å². The van der Waals surface area contributed by atoms with Crippen molar-refractivity contribution in [1.29, 1.82) is 0 Å². The van der Waals surface area contributed by atoms with Gasteiger partial charge in [0.1, 0.15) is 12.4 Å². The molecule has 0 saturated carbocycles. The van der Waals surface area contributed by atoms with E-state index in [1.54, 1.807) is 9.80 Å². The fraction of sp³-hybridized carbons (Fsp3) is 0.500. The summed E-state index contributed by atoms with van der Waals surface area (Å²) in [5.74, 6) is -1.70. The Bertz CT molecular complexity index is 724. The summed E-state index contributed by atoms with van der Waals surface area (Å²) in [5.41, 5.74) is 0.985. The number of hydrogen-bond acceptors (Lipinski definition) is 4. The van der Waals surface area contributed by atoms with Gasteiger partial charge in [0.15, 0.2) is 0 Å². The normalized spacial score (nSPS) is 20.2. The van der Waals surface area contributed by atoms with Crippen LogP contribution in [0, 0.1) is 5.82 Å². The standard InChI is InChI=1S/C18H22FN3O4/c1-26-11-17(24)21-5-2-6-22(8-7-21)18(25)14-10-16(23)20-15-4-3-12(19)9-13(14)15/h3-4,9,14H,2,5-8,10-11H2,1H3,(H,20,23). The van der Waals surface area contributed by atoms with E-state index < -0.39 is 11.7 Å². The molecule has 0 radical (unpaired) electrons. The summed E-state index contributed by atoms with van der Waals surface area (Å²) in [6, 6.07) is 4.05. The molecule has 0 aliphatic carbocycles. The van der Waals surface area contributed by atoms with Gasteiger partial charge in [-0.15, -0.1) is 0 Å². The van der Waals surface area contributed by atoms with Crippen molar-refractivity contribution in [3.05, 3.63) is 29.6 Å². The zero-order valence-corrected chi connectivity index (χ0v) is 14.7. The van der Waals surface area contributed by atoms with E-state index in [9.17, 15) is 18.8 Å². The largest absolute Gasteiger partial charge is 0.375 e. The van der Waals surface area contributed by atoms with Crippen LogP contribution in [-0.2, 0) is 19.1 Å². The molecule has 1 atom stereocenters. The van der Waals surface area contributed by atoms with Crippen LogP contribution < -0.4 is 5.32 Å². The van der Waals surface area contributed by atoms with Crippen molar-refractivity contribution in [1.82, 2.24) is 9.80 Å². The molecule has 1 aromatic rings. The Morgan fingerprint density at radius 1 is 1.23 bits per heavy atom. The van der Waals surface area contributed by atoms with E-state index >= 15 is 0 Å². The molecule has 0 spiro atoms. The summed E-state index contributed by atoms with van der Waals surface area (Å²) < 4.78 is 18.5. The second-order valence-electron chi connectivity index (χ2n) is 6.53. The van der Waals surface area contributed by atoms with Crippen LogP contribution in [-0.4, -0.2) is 67.4 Å². The predicted octanol–water partition coefficient (Wildman–Crippen LogP) is 0.959. The Labute approximate surface area is 151 Å². The van der Waals surface area contributed by atoms with E-state index in [-0.39, 0.29) is 30.7 Å². The Balaban J connectivity index is 1.74. The van der Waals surface area contributed by atoms with Crippen LogP contribution in [0.2, 0.25) is 0 Å². The molecule has 2 aliphatic heterocycles. The Morgan fingerprint density at radius 3 is 2.73 bits per heavy atom. The lowest BCUT2D eigenvalue weighted by atomic mass is 9.89. The van der Waals surface area contributed by atoms with Gasteiger partial charge in [0.25, 0.3) is 0 Å². The van der Waals surface area contributed by atoms with Crippen LogP contribution in [0.15, 0.2) is 18.2 Å². The molecule has 140 valence electrons. The molecule has 0 bridgehead atoms. The summed E-state index contributed by atoms with van der Waals surface area (Å²) in [4.78, 5) is 40.3. The van der Waals surface area contributed by atoms with Crippen molar-refractivity contribution in [3.63, 3.8) is 0 Å². The third kappa shape index (κ3) is 3.85. The molecule has 1 fully saturated rings. The van der Waals surface area contributed by atoms with Crippen LogP contribution in [0.5, 0.6) is 0 Å². The monoisotopic (exact) mass is 363 g/mol. The van der Waals surface area contributed by atoms with Gasteiger partial charge in [-0.05, 0) is 30.2 Å². The fourth-order valence-corrected chi connectivity index (χ4v) is 3.48. The second-order valence-corrected chi connectivity index (χ2v) is 6.53. The van der Waals surface area contributed by atoms with E-state index in [0.717, 1.165) is 0 Å². The Morgan fingerprint density at radius 2 is 1.96 bits per heavy atom. The number of fused-ring (bicyclic) bond motifs is 1. The van der Waals surface area contributed by atoms with Gasteiger partial charge in [0.2, 0.25) is 17.7 Å². The van der Waals surface area contributed by atoms with Gasteiger partial charge in [-0.2, -0.15) is 0 Å². The maximum atomic E-state index is 13.7. The molecular weight excluding hydrogens is 341 g/mol. The number of halogens is 1. The quantitative estimate of drug-likeness (QED) is 0.868. The van der Waals surface area contributed by atoms with Gasteiger partial charge >= 0.3 is 0 Å². The van der Waals surface area contributed by atoms with Gasteiger partial charge in [-0.3, -0.25) is 14.4 Å². The van der Waals surface area contributed by atoms with E-state index in [0.29, 0.717) is 43.9 Å². The highest BCUT2D eigenvalue weighted by Gasteiger charge is 2.34. The number of nitrogens with one attached hydrogen (secondary N) is 1. The average molecular weight is 363 g/mol. The first-order chi connectivity index (χ1) is 12.5. The number of hydrogen-bond donors (Lipinski definition) is 1. The van der Waals surface area contributed by atoms with Crippen LogP contribution in [0.3, 0.4) is 0 Å². The maximum Gasteiger partial charge on any atom is 0.248 e. The number of rotatable bonds is 3. The summed E-state index contributed by atoms with van der Waals surface area (Å²) in [6.07, 6.45) is 0.647. The first-order valence-corrected chi connectivity index (χ1v) is 8.64. The minimum Gasteiger partial charge on any atom is -0.375 e. The number of benzene rings is 1. The highest BCUT2D eigenvalue weighted by Crippen LogP contribution is 2.34. The number of methoxy groups -OCH3 is 1. The molecule has 26 heavy (non-hydrogen) atoms. The van der Waals surface area contributed by atoms with E-state index in [1.165, 1.54) is 25.3 Å². The molecule has 3 rings (SSSR count). The first-order valence-electron chi connectivity index (χ1n) is 8.64. The lowest BCUT2D eigenvalue weighted by molar-refractivity contribution is -0.137. The third-order valence-corrected chi connectivity index (χ3v) is 4.78. The topological polar surface area (TPSA) is 79.0 Å². The van der Waals surface area contributed by atoms with Crippen molar-refractivity contribution < 1.29 is 23.5 Å². The maximum absolute atomic E-state index is 13.7. The molecule has 2 aliphatic rings. The number of carbonyl (C=O) groups excluding carboxylic acids is 3. The summed E-state index contributed by atoms with van der Waals surface area (Å²) in [5, 5.41) is 2.68. The molecule has 3 amide bonds. The number of amides is 3. The number of nitrogens with zero attached hydrogens (tertiary/aromatic N) is 2. The molecule has 7 nitrogen and oxygen atoms in total. The number of carbonyl (C=O) groups is 3. The van der Waals surface area contributed by atoms with Gasteiger partial charge in [0, 0.05) is 45.4 Å². The average Bonchev–Trinajstić information content (AvgIpc) is 2.87. The zero-order valence-electron chi connectivity index (χ0n) is 14.7. The molecule has 0 aromatic heterocycles. The summed E-state index contributed by atoms with van der Waals surface area (Å²) in [7, 11) is 1.47. The lowest BCUT2D eigenvalue weighted by Crippen LogP contribution is -2.41. The highest BCUT2D eigenvalue weighted by atomic mass is 19.1. The minimum absolute atomic E-state index is 0.00188. The van der Waals surface area contributed by atoms with E-state index in [1.807, 2.05) is 0 Å². The number of ether oxygens (including phenoxy) is 1. The zero-order chi connectivity index (χ0) is 18.7. The highest BCUT2D eigenvalue weighted by molar-refractivity contribution is 6.01. The molecule has 1 saturated heterocycles. The molecule has 1 aromatic carbocycles. The van der Waals surface area contributed by atoms with Crippen LogP contribution in [0.25, 0.3) is 0 Å². The van der Waals surface area contributed by atoms with Crippen LogP contribution in [0.1, 0.15) is 24.3 Å². The SMILES string of the molecule is COCC(=O)N1CCCN(C(=O)C2CC(=O)Nc3ccc(F)cc32)CC1. The smallest absolute Gasteiger partial charge is 0.248 e. The van der Waals surface area contributed by atoms with E-state index in [2.05, 4.69) is 5.32 Å².